The number of carbonyl (C=O) groups excluding carboxylic acids is 1. The van der Waals surface area contributed by atoms with Crippen LogP contribution in [0.4, 0.5) is 8.78 Å². The first-order valence-corrected chi connectivity index (χ1v) is 11.1. The van der Waals surface area contributed by atoms with Gasteiger partial charge in [-0.25, -0.2) is 0 Å². The number of carbonyl (C=O) groups is 1. The fraction of sp³-hybridized carbons (Fsp3) is 0.500. The summed E-state index contributed by atoms with van der Waals surface area (Å²) in [5.41, 5.74) is 0.908. The van der Waals surface area contributed by atoms with Crippen LogP contribution in [0.25, 0.3) is 0 Å². The number of unbranched alkanes of at least 4 members (excludes halogenated alkanes) is 5. The van der Waals surface area contributed by atoms with Crippen LogP contribution in [0.2, 0.25) is 0 Å². The van der Waals surface area contributed by atoms with Crippen molar-refractivity contribution in [3.8, 4) is 11.8 Å². The Kier molecular flexibility index (Phi) is 10.2. The molecule has 1 N–H and O–H groups in total. The van der Waals surface area contributed by atoms with Gasteiger partial charge in [0.2, 0.25) is 0 Å². The Morgan fingerprint density at radius 2 is 1.94 bits per heavy atom. The Morgan fingerprint density at radius 1 is 1.23 bits per heavy atom. The number of likely N-dealkylation sites (tertiary alicyclic amines) is 1. The van der Waals surface area contributed by atoms with Crippen molar-refractivity contribution in [2.75, 3.05) is 0 Å². The van der Waals surface area contributed by atoms with Crippen LogP contribution in [0.3, 0.4) is 0 Å². The summed E-state index contributed by atoms with van der Waals surface area (Å²) < 4.78 is 28.0. The minimum atomic E-state index is -3.36. The molecular formula is C26H33F2NO2. The van der Waals surface area contributed by atoms with Crippen molar-refractivity contribution in [1.82, 2.24) is 4.90 Å². The van der Waals surface area contributed by atoms with Crippen LogP contribution >= 0.6 is 0 Å². The summed E-state index contributed by atoms with van der Waals surface area (Å²) in [4.78, 5) is 13.2. The number of rotatable bonds is 11. The molecule has 1 amide bonds. The molecule has 2 unspecified atom stereocenters. The Bertz CT molecular complexity index is 767. The van der Waals surface area contributed by atoms with Crippen molar-refractivity contribution in [1.29, 1.82) is 0 Å². The molecule has 3 atom stereocenters. The molecule has 1 aliphatic rings. The number of hydrogen-bond acceptors (Lipinski definition) is 2. The zero-order chi connectivity index (χ0) is 22.7. The second kappa shape index (κ2) is 12.6. The molecule has 0 aliphatic carbocycles. The van der Waals surface area contributed by atoms with Gasteiger partial charge in [-0.3, -0.25) is 4.79 Å². The van der Waals surface area contributed by atoms with E-state index in [0.717, 1.165) is 36.1 Å². The molecule has 1 aromatic carbocycles. The fourth-order valence-electron chi connectivity index (χ4n) is 3.45. The van der Waals surface area contributed by atoms with Crippen LogP contribution < -0.4 is 0 Å². The highest BCUT2D eigenvalue weighted by atomic mass is 19.3. The van der Waals surface area contributed by atoms with Crippen molar-refractivity contribution in [3.63, 3.8) is 0 Å². The maximum atomic E-state index is 14.0. The third-order valence-electron chi connectivity index (χ3n) is 5.44. The van der Waals surface area contributed by atoms with E-state index in [1.807, 2.05) is 44.2 Å². The molecule has 0 bridgehead atoms. The average molecular weight is 430 g/mol. The Hall–Kier alpha value is -2.19. The highest BCUT2D eigenvalue weighted by Crippen LogP contribution is 2.35. The monoisotopic (exact) mass is 429 g/mol. The van der Waals surface area contributed by atoms with Gasteiger partial charge in [0.1, 0.15) is 0 Å². The summed E-state index contributed by atoms with van der Waals surface area (Å²) in [6.45, 7) is 5.47. The van der Waals surface area contributed by atoms with Crippen molar-refractivity contribution in [3.05, 3.63) is 61.0 Å². The van der Waals surface area contributed by atoms with E-state index in [1.54, 1.807) is 6.54 Å². The number of nitrogens with zero attached hydrogens (tertiary/aromatic N) is 1. The largest absolute Gasteiger partial charge is 0.389 e. The third-order valence-corrected chi connectivity index (χ3v) is 5.44. The first-order valence-electron chi connectivity index (χ1n) is 11.1. The number of halogens is 2. The van der Waals surface area contributed by atoms with Crippen molar-refractivity contribution in [2.24, 2.45) is 5.92 Å². The van der Waals surface area contributed by atoms with E-state index in [4.69, 9.17) is 0 Å². The van der Waals surface area contributed by atoms with Crippen molar-refractivity contribution >= 4 is 5.91 Å². The zero-order valence-corrected chi connectivity index (χ0v) is 18.4. The minimum Gasteiger partial charge on any atom is -0.389 e. The molecule has 5 heteroatoms. The van der Waals surface area contributed by atoms with Crippen LogP contribution in [-0.4, -0.2) is 34.0 Å². The van der Waals surface area contributed by atoms with E-state index in [1.165, 1.54) is 12.2 Å². The predicted molar refractivity (Wildman–Crippen MR) is 120 cm³/mol. The molecule has 2 rings (SSSR count). The van der Waals surface area contributed by atoms with Gasteiger partial charge in [-0.05, 0) is 30.9 Å². The molecule has 1 saturated heterocycles. The van der Waals surface area contributed by atoms with Crippen LogP contribution in [0.1, 0.15) is 64.4 Å². The normalized spacial score (nSPS) is 20.0. The summed E-state index contributed by atoms with van der Waals surface area (Å²) in [7, 11) is 0. The molecule has 168 valence electrons. The number of amides is 1. The standard InChI is InChI=1S/C26H33F2NO2/c1-3-4-5-6-7-11-19-29-23(20-26(27,28)25(29)31)17-18-24(30)21(2)13-12-16-22-14-9-8-10-15-22/h3,8-10,14-15,17-19,21,23-24,30H,4-7,11,13,20H2,1-2H3/b18-17+/t21?,23-,24?/m0/s1. The molecule has 0 saturated carbocycles. The third kappa shape index (κ3) is 8.10. The summed E-state index contributed by atoms with van der Waals surface area (Å²) in [6, 6.07) is 8.85. The van der Waals surface area contributed by atoms with E-state index >= 15 is 0 Å². The van der Waals surface area contributed by atoms with Gasteiger partial charge in [-0.2, -0.15) is 8.78 Å². The highest BCUT2D eigenvalue weighted by Gasteiger charge is 2.52. The summed E-state index contributed by atoms with van der Waals surface area (Å²) >= 11 is 0. The van der Waals surface area contributed by atoms with E-state index in [9.17, 15) is 18.7 Å². The summed E-state index contributed by atoms with van der Waals surface area (Å²) in [6.07, 6.45) is 8.81. The van der Waals surface area contributed by atoms with E-state index in [0.29, 0.717) is 12.8 Å². The lowest BCUT2D eigenvalue weighted by molar-refractivity contribution is -0.146. The van der Waals surface area contributed by atoms with Gasteiger partial charge in [0.25, 0.3) is 5.91 Å². The van der Waals surface area contributed by atoms with Gasteiger partial charge in [0, 0.05) is 18.4 Å². The van der Waals surface area contributed by atoms with Crippen LogP contribution in [0.5, 0.6) is 0 Å². The number of alkyl halides is 2. The summed E-state index contributed by atoms with van der Waals surface area (Å²) in [5.74, 6) is 1.43. The topological polar surface area (TPSA) is 40.5 Å². The molecule has 1 aliphatic heterocycles. The van der Waals surface area contributed by atoms with Crippen LogP contribution in [-0.2, 0) is 4.79 Å². The Morgan fingerprint density at radius 3 is 2.65 bits per heavy atom. The highest BCUT2D eigenvalue weighted by molar-refractivity contribution is 5.87. The lowest BCUT2D eigenvalue weighted by atomic mass is 9.99. The molecule has 1 heterocycles. The lowest BCUT2D eigenvalue weighted by Gasteiger charge is -2.22. The Labute approximate surface area is 185 Å². The number of benzene rings is 1. The van der Waals surface area contributed by atoms with Gasteiger partial charge in [-0.1, -0.05) is 81.7 Å². The van der Waals surface area contributed by atoms with Gasteiger partial charge in [0.05, 0.1) is 18.7 Å². The van der Waals surface area contributed by atoms with E-state index < -0.39 is 30.4 Å². The number of hydrogen-bond donors (Lipinski definition) is 1. The van der Waals surface area contributed by atoms with Crippen LogP contribution in [0, 0.1) is 30.7 Å². The van der Waals surface area contributed by atoms with Crippen LogP contribution in [0.15, 0.2) is 42.5 Å². The maximum Gasteiger partial charge on any atom is 0.327 e. The lowest BCUT2D eigenvalue weighted by Crippen LogP contribution is -2.34. The molecule has 3 nitrogen and oxygen atoms in total. The fourth-order valence-corrected chi connectivity index (χ4v) is 3.45. The molecule has 0 aromatic heterocycles. The molecular weight excluding hydrogens is 396 g/mol. The van der Waals surface area contributed by atoms with E-state index in [2.05, 4.69) is 18.3 Å². The first kappa shape index (κ1) is 25.1. The number of aliphatic hydroxyl groups excluding tert-OH is 1. The van der Waals surface area contributed by atoms with Gasteiger partial charge in [-0.15, -0.1) is 0 Å². The quantitative estimate of drug-likeness (QED) is 0.284. The molecule has 1 fully saturated rings. The van der Waals surface area contributed by atoms with Crippen molar-refractivity contribution < 1.29 is 18.7 Å². The SMILES string of the molecule is C[CH]CCCCC[CH]N1C(=O)C(F)(F)C[C@@H]1/C=C/C(O)C(C)CC#Cc1ccccc1. The molecule has 0 spiro atoms. The smallest absolute Gasteiger partial charge is 0.327 e. The molecule has 1 aromatic rings. The van der Waals surface area contributed by atoms with Gasteiger partial charge in [0.15, 0.2) is 0 Å². The number of aliphatic hydroxyl groups is 1. The Balaban J connectivity index is 1.88. The maximum absolute atomic E-state index is 14.0. The van der Waals surface area contributed by atoms with Gasteiger partial charge >= 0.3 is 5.92 Å². The molecule has 2 radical (unpaired) electrons. The minimum absolute atomic E-state index is 0.155. The van der Waals surface area contributed by atoms with E-state index in [-0.39, 0.29) is 5.92 Å². The molecule has 31 heavy (non-hydrogen) atoms. The predicted octanol–water partition coefficient (Wildman–Crippen LogP) is 5.55. The zero-order valence-electron chi connectivity index (χ0n) is 18.4. The summed E-state index contributed by atoms with van der Waals surface area (Å²) in [5, 5.41) is 10.4. The average Bonchev–Trinajstić information content (AvgIpc) is 2.97. The second-order valence-electron chi connectivity index (χ2n) is 8.14. The first-order chi connectivity index (χ1) is 14.8. The van der Waals surface area contributed by atoms with Crippen molar-refractivity contribution in [2.45, 2.75) is 76.9 Å². The van der Waals surface area contributed by atoms with Gasteiger partial charge < -0.3 is 10.0 Å². The second-order valence-corrected chi connectivity index (χ2v) is 8.14.